The van der Waals surface area contributed by atoms with E-state index < -0.39 is 0 Å². The lowest BCUT2D eigenvalue weighted by Gasteiger charge is -2.19. The molecule has 1 aromatic carbocycles. The van der Waals surface area contributed by atoms with Crippen molar-refractivity contribution in [3.8, 4) is 5.75 Å². The molecule has 0 aliphatic carbocycles. The molecular weight excluding hydrogens is 320 g/mol. The van der Waals surface area contributed by atoms with E-state index in [1.54, 1.807) is 7.11 Å². The highest BCUT2D eigenvalue weighted by molar-refractivity contribution is 9.10. The summed E-state index contributed by atoms with van der Waals surface area (Å²) in [7, 11) is 1.66. The predicted molar refractivity (Wildman–Crippen MR) is 84.1 cm³/mol. The van der Waals surface area contributed by atoms with Gasteiger partial charge < -0.3 is 20.1 Å². The number of rotatable bonds is 7. The zero-order chi connectivity index (χ0) is 14.4. The summed E-state index contributed by atoms with van der Waals surface area (Å²) in [6, 6.07) is 6.03. The molecule has 0 saturated carbocycles. The van der Waals surface area contributed by atoms with Crippen LogP contribution in [-0.4, -0.2) is 49.4 Å². The van der Waals surface area contributed by atoms with Crippen molar-refractivity contribution >= 4 is 15.9 Å². The number of benzene rings is 1. The first-order chi connectivity index (χ1) is 9.69. The Morgan fingerprint density at radius 3 is 2.85 bits per heavy atom. The summed E-state index contributed by atoms with van der Waals surface area (Å²) < 4.78 is 6.23. The maximum atomic E-state index is 10.00. The smallest absolute Gasteiger partial charge is 0.133 e. The van der Waals surface area contributed by atoms with E-state index in [1.807, 2.05) is 18.2 Å². The minimum absolute atomic E-state index is 0.301. The third kappa shape index (κ3) is 4.74. The molecule has 0 bridgehead atoms. The van der Waals surface area contributed by atoms with Crippen LogP contribution in [0.4, 0.5) is 0 Å². The fourth-order valence-electron chi connectivity index (χ4n) is 2.53. The molecule has 0 amide bonds. The third-order valence-corrected chi connectivity index (χ3v) is 4.25. The highest BCUT2D eigenvalue weighted by Crippen LogP contribution is 2.25. The van der Waals surface area contributed by atoms with Crippen molar-refractivity contribution in [1.29, 1.82) is 0 Å². The van der Waals surface area contributed by atoms with E-state index in [0.29, 0.717) is 6.54 Å². The molecule has 20 heavy (non-hydrogen) atoms. The number of aliphatic hydroxyl groups excluding tert-OH is 1. The summed E-state index contributed by atoms with van der Waals surface area (Å²) in [4.78, 5) is 2.33. The van der Waals surface area contributed by atoms with Gasteiger partial charge in [-0.2, -0.15) is 0 Å². The number of halogens is 1. The minimum Gasteiger partial charge on any atom is -0.496 e. The zero-order valence-electron chi connectivity index (χ0n) is 11.9. The number of nitrogens with one attached hydrogen (secondary N) is 1. The molecule has 1 aliphatic rings. The summed E-state index contributed by atoms with van der Waals surface area (Å²) in [6.45, 7) is 4.38. The molecule has 0 spiro atoms. The molecule has 0 aromatic heterocycles. The monoisotopic (exact) mass is 342 g/mol. The van der Waals surface area contributed by atoms with Gasteiger partial charge in [-0.3, -0.25) is 0 Å². The second kappa shape index (κ2) is 7.98. The number of likely N-dealkylation sites (tertiary alicyclic amines) is 1. The van der Waals surface area contributed by atoms with Crippen LogP contribution in [0.1, 0.15) is 18.4 Å². The molecule has 2 N–H and O–H groups in total. The van der Waals surface area contributed by atoms with Crippen LogP contribution in [0.15, 0.2) is 22.7 Å². The van der Waals surface area contributed by atoms with Crippen LogP contribution >= 0.6 is 15.9 Å². The number of hydrogen-bond donors (Lipinski definition) is 2. The summed E-state index contributed by atoms with van der Waals surface area (Å²) >= 11 is 3.44. The molecular formula is C15H23BrN2O2. The molecule has 1 aromatic rings. The number of methoxy groups -OCH3 is 1. The third-order valence-electron chi connectivity index (χ3n) is 3.59. The van der Waals surface area contributed by atoms with Crippen molar-refractivity contribution in [1.82, 2.24) is 10.2 Å². The Morgan fingerprint density at radius 1 is 1.40 bits per heavy atom. The quantitative estimate of drug-likeness (QED) is 0.795. The molecule has 2 rings (SSSR count). The number of aliphatic hydroxyl groups is 1. The van der Waals surface area contributed by atoms with Gasteiger partial charge in [0.1, 0.15) is 5.75 Å². The van der Waals surface area contributed by atoms with Crippen molar-refractivity contribution in [2.75, 3.05) is 33.3 Å². The Bertz CT molecular complexity index is 422. The van der Waals surface area contributed by atoms with E-state index in [0.717, 1.165) is 42.0 Å². The lowest BCUT2D eigenvalue weighted by Crippen LogP contribution is -2.36. The molecule has 1 saturated heterocycles. The van der Waals surface area contributed by atoms with Crippen LogP contribution in [0.5, 0.6) is 5.75 Å². The lowest BCUT2D eigenvalue weighted by atomic mass is 10.2. The first-order valence-electron chi connectivity index (χ1n) is 7.12. The topological polar surface area (TPSA) is 44.7 Å². The first-order valence-corrected chi connectivity index (χ1v) is 7.92. The van der Waals surface area contributed by atoms with Crippen LogP contribution in [0.2, 0.25) is 0 Å². The van der Waals surface area contributed by atoms with Crippen LogP contribution in [0.3, 0.4) is 0 Å². The summed E-state index contributed by atoms with van der Waals surface area (Å²) in [5.41, 5.74) is 1.15. The van der Waals surface area contributed by atoms with Gasteiger partial charge in [0, 0.05) is 19.6 Å². The van der Waals surface area contributed by atoms with E-state index in [1.165, 1.54) is 12.8 Å². The van der Waals surface area contributed by atoms with E-state index >= 15 is 0 Å². The van der Waals surface area contributed by atoms with Crippen molar-refractivity contribution in [3.05, 3.63) is 28.2 Å². The lowest BCUT2D eigenvalue weighted by molar-refractivity contribution is 0.123. The minimum atomic E-state index is -0.301. The van der Waals surface area contributed by atoms with E-state index in [4.69, 9.17) is 4.74 Å². The Morgan fingerprint density at radius 2 is 2.15 bits per heavy atom. The fourth-order valence-corrected chi connectivity index (χ4v) is 2.93. The molecule has 1 aliphatic heterocycles. The molecule has 1 atom stereocenters. The van der Waals surface area contributed by atoms with Gasteiger partial charge in [0.05, 0.1) is 17.7 Å². The van der Waals surface area contributed by atoms with Gasteiger partial charge in [-0.1, -0.05) is 6.07 Å². The van der Waals surface area contributed by atoms with E-state index in [2.05, 4.69) is 26.1 Å². The highest BCUT2D eigenvalue weighted by atomic mass is 79.9. The van der Waals surface area contributed by atoms with Crippen molar-refractivity contribution in [3.63, 3.8) is 0 Å². The standard InChI is InChI=1S/C15H23BrN2O2/c1-20-15-8-12(4-5-14(15)16)9-17-10-13(19)11-18-6-2-3-7-18/h4-5,8,13,17,19H,2-3,6-7,9-11H2,1H3. The van der Waals surface area contributed by atoms with Crippen molar-refractivity contribution in [2.45, 2.75) is 25.5 Å². The van der Waals surface area contributed by atoms with E-state index in [-0.39, 0.29) is 6.10 Å². The molecule has 4 nitrogen and oxygen atoms in total. The molecule has 0 radical (unpaired) electrons. The number of hydrogen-bond acceptors (Lipinski definition) is 4. The van der Waals surface area contributed by atoms with Crippen LogP contribution in [0.25, 0.3) is 0 Å². The van der Waals surface area contributed by atoms with Gasteiger partial charge in [-0.05, 0) is 59.6 Å². The summed E-state index contributed by atoms with van der Waals surface area (Å²) in [6.07, 6.45) is 2.22. The molecule has 1 fully saturated rings. The first kappa shape index (κ1) is 15.8. The Kier molecular flexibility index (Phi) is 6.29. The van der Waals surface area contributed by atoms with Crippen LogP contribution in [-0.2, 0) is 6.54 Å². The zero-order valence-corrected chi connectivity index (χ0v) is 13.5. The van der Waals surface area contributed by atoms with Gasteiger partial charge in [0.2, 0.25) is 0 Å². The number of ether oxygens (including phenoxy) is 1. The predicted octanol–water partition coefficient (Wildman–Crippen LogP) is 2.00. The molecule has 5 heteroatoms. The van der Waals surface area contributed by atoms with Gasteiger partial charge in [0.15, 0.2) is 0 Å². The molecule has 112 valence electrons. The Labute approximate surface area is 129 Å². The second-order valence-corrected chi connectivity index (χ2v) is 6.12. The number of β-amino-alcohol motifs (C(OH)–C–C–N with tert-alkyl or cyclic N) is 1. The molecule has 1 heterocycles. The highest BCUT2D eigenvalue weighted by Gasteiger charge is 2.15. The summed E-state index contributed by atoms with van der Waals surface area (Å²) in [5.74, 6) is 0.835. The van der Waals surface area contributed by atoms with Crippen molar-refractivity contribution < 1.29 is 9.84 Å². The largest absolute Gasteiger partial charge is 0.496 e. The van der Waals surface area contributed by atoms with Gasteiger partial charge in [-0.15, -0.1) is 0 Å². The Balaban J connectivity index is 1.72. The SMILES string of the molecule is COc1cc(CNCC(O)CN2CCCC2)ccc1Br. The Hall–Kier alpha value is -0.620. The van der Waals surface area contributed by atoms with Gasteiger partial charge in [-0.25, -0.2) is 0 Å². The maximum Gasteiger partial charge on any atom is 0.133 e. The average molecular weight is 343 g/mol. The number of nitrogens with zero attached hydrogens (tertiary/aromatic N) is 1. The summed E-state index contributed by atoms with van der Waals surface area (Å²) in [5, 5.41) is 13.3. The van der Waals surface area contributed by atoms with Crippen LogP contribution in [0, 0.1) is 0 Å². The normalized spacial score (nSPS) is 17.4. The maximum absolute atomic E-state index is 10.00. The van der Waals surface area contributed by atoms with Crippen LogP contribution < -0.4 is 10.1 Å². The van der Waals surface area contributed by atoms with E-state index in [9.17, 15) is 5.11 Å². The van der Waals surface area contributed by atoms with Gasteiger partial charge in [0.25, 0.3) is 0 Å². The molecule has 1 unspecified atom stereocenters. The average Bonchev–Trinajstić information content (AvgIpc) is 2.93. The fraction of sp³-hybridized carbons (Fsp3) is 0.600. The second-order valence-electron chi connectivity index (χ2n) is 5.26. The van der Waals surface area contributed by atoms with Crippen molar-refractivity contribution in [2.24, 2.45) is 0 Å². The van der Waals surface area contributed by atoms with Gasteiger partial charge >= 0.3 is 0 Å².